The number of halogens is 1. The van der Waals surface area contributed by atoms with Gasteiger partial charge in [-0.05, 0) is 44.0 Å². The predicted molar refractivity (Wildman–Crippen MR) is 57.9 cm³/mol. The first kappa shape index (κ1) is 11.2. The van der Waals surface area contributed by atoms with E-state index in [1.54, 1.807) is 12.1 Å². The fourth-order valence-electron chi connectivity index (χ4n) is 1.48. The molecule has 1 unspecified atom stereocenters. The second kappa shape index (κ2) is 5.76. The molecule has 0 spiro atoms. The summed E-state index contributed by atoms with van der Waals surface area (Å²) < 4.78 is 12.8. The number of nitrogens with one attached hydrogen (secondary N) is 1. The highest BCUT2D eigenvalue weighted by molar-refractivity contribution is 5.17. The van der Waals surface area contributed by atoms with E-state index in [1.165, 1.54) is 6.07 Å². The summed E-state index contributed by atoms with van der Waals surface area (Å²) in [6.07, 6.45) is 2.02. The first-order valence-electron chi connectivity index (χ1n) is 5.20. The van der Waals surface area contributed by atoms with Crippen molar-refractivity contribution < 1.29 is 4.39 Å². The van der Waals surface area contributed by atoms with E-state index in [2.05, 4.69) is 19.2 Å². The van der Waals surface area contributed by atoms with Crippen LogP contribution in [0, 0.1) is 5.82 Å². The van der Waals surface area contributed by atoms with Crippen LogP contribution in [0.1, 0.15) is 25.8 Å². The van der Waals surface area contributed by atoms with Gasteiger partial charge in [-0.2, -0.15) is 0 Å². The van der Waals surface area contributed by atoms with Crippen LogP contribution in [0.3, 0.4) is 0 Å². The summed E-state index contributed by atoms with van der Waals surface area (Å²) in [6, 6.07) is 7.22. The van der Waals surface area contributed by atoms with E-state index in [1.807, 2.05) is 6.07 Å². The second-order valence-corrected chi connectivity index (χ2v) is 3.69. The Bertz CT molecular complexity index is 273. The molecule has 0 heterocycles. The van der Waals surface area contributed by atoms with Crippen LogP contribution < -0.4 is 5.32 Å². The van der Waals surface area contributed by atoms with E-state index in [0.717, 1.165) is 24.9 Å². The summed E-state index contributed by atoms with van der Waals surface area (Å²) in [4.78, 5) is 0. The maximum Gasteiger partial charge on any atom is 0.123 e. The molecule has 1 aromatic rings. The van der Waals surface area contributed by atoms with Gasteiger partial charge in [-0.25, -0.2) is 4.39 Å². The molecule has 0 saturated heterocycles. The largest absolute Gasteiger partial charge is 0.314 e. The summed E-state index contributed by atoms with van der Waals surface area (Å²) in [6.45, 7) is 5.29. The third kappa shape index (κ3) is 3.88. The van der Waals surface area contributed by atoms with Gasteiger partial charge in [0.05, 0.1) is 0 Å². The van der Waals surface area contributed by atoms with Gasteiger partial charge in [0.15, 0.2) is 0 Å². The van der Waals surface area contributed by atoms with Crippen LogP contribution in [0.5, 0.6) is 0 Å². The Morgan fingerprint density at radius 1 is 1.43 bits per heavy atom. The lowest BCUT2D eigenvalue weighted by Crippen LogP contribution is -2.28. The molecule has 0 aliphatic heterocycles. The molecule has 2 heteroatoms. The number of hydrogen-bond donors (Lipinski definition) is 1. The zero-order valence-corrected chi connectivity index (χ0v) is 8.89. The fraction of sp³-hybridized carbons (Fsp3) is 0.500. The molecule has 1 aromatic carbocycles. The van der Waals surface area contributed by atoms with Crippen LogP contribution in [0.15, 0.2) is 24.3 Å². The zero-order chi connectivity index (χ0) is 10.4. The Labute approximate surface area is 85.3 Å². The average Bonchev–Trinajstić information content (AvgIpc) is 2.15. The Balaban J connectivity index is 2.43. The molecule has 0 radical (unpaired) electrons. The van der Waals surface area contributed by atoms with Gasteiger partial charge in [0.1, 0.15) is 5.82 Å². The fourth-order valence-corrected chi connectivity index (χ4v) is 1.48. The Kier molecular flexibility index (Phi) is 4.60. The van der Waals surface area contributed by atoms with Gasteiger partial charge in [0.2, 0.25) is 0 Å². The van der Waals surface area contributed by atoms with E-state index in [9.17, 15) is 4.39 Å². The Hall–Kier alpha value is -0.890. The highest BCUT2D eigenvalue weighted by Gasteiger charge is 2.02. The lowest BCUT2D eigenvalue weighted by molar-refractivity contribution is 0.541. The van der Waals surface area contributed by atoms with Crippen molar-refractivity contribution in [3.8, 4) is 0 Å². The minimum Gasteiger partial charge on any atom is -0.314 e. The first-order chi connectivity index (χ1) is 6.72. The van der Waals surface area contributed by atoms with Crippen molar-refractivity contribution in [2.24, 2.45) is 0 Å². The first-order valence-corrected chi connectivity index (χ1v) is 5.20. The lowest BCUT2D eigenvalue weighted by Gasteiger charge is -2.12. The molecule has 0 fully saturated rings. The number of rotatable bonds is 5. The van der Waals surface area contributed by atoms with Gasteiger partial charge < -0.3 is 5.32 Å². The smallest absolute Gasteiger partial charge is 0.123 e. The van der Waals surface area contributed by atoms with Crippen molar-refractivity contribution in [3.63, 3.8) is 0 Å². The van der Waals surface area contributed by atoms with Crippen LogP contribution in [-0.4, -0.2) is 12.6 Å². The molecular formula is C12H18FN. The molecule has 0 aliphatic carbocycles. The maximum atomic E-state index is 12.8. The number of hydrogen-bond acceptors (Lipinski definition) is 1. The molecule has 1 N–H and O–H groups in total. The minimum absolute atomic E-state index is 0.148. The predicted octanol–water partition coefficient (Wildman–Crippen LogP) is 2.76. The van der Waals surface area contributed by atoms with Crippen molar-refractivity contribution >= 4 is 0 Å². The van der Waals surface area contributed by atoms with Gasteiger partial charge >= 0.3 is 0 Å². The topological polar surface area (TPSA) is 12.0 Å². The molecule has 1 nitrogen and oxygen atoms in total. The van der Waals surface area contributed by atoms with Gasteiger partial charge in [-0.15, -0.1) is 0 Å². The molecule has 0 saturated carbocycles. The van der Waals surface area contributed by atoms with Crippen molar-refractivity contribution in [2.45, 2.75) is 32.7 Å². The van der Waals surface area contributed by atoms with Gasteiger partial charge in [0.25, 0.3) is 0 Å². The molecular weight excluding hydrogens is 177 g/mol. The Morgan fingerprint density at radius 3 is 2.86 bits per heavy atom. The van der Waals surface area contributed by atoms with E-state index in [-0.39, 0.29) is 5.82 Å². The highest BCUT2D eigenvalue weighted by atomic mass is 19.1. The molecule has 0 aliphatic rings. The molecule has 1 atom stereocenters. The average molecular weight is 195 g/mol. The monoisotopic (exact) mass is 195 g/mol. The van der Waals surface area contributed by atoms with E-state index >= 15 is 0 Å². The van der Waals surface area contributed by atoms with Crippen LogP contribution in [0.4, 0.5) is 4.39 Å². The summed E-state index contributed by atoms with van der Waals surface area (Å²) in [5.41, 5.74) is 1.06. The molecule has 78 valence electrons. The molecule has 0 aromatic heterocycles. The summed E-state index contributed by atoms with van der Waals surface area (Å²) >= 11 is 0. The second-order valence-electron chi connectivity index (χ2n) is 3.69. The van der Waals surface area contributed by atoms with Gasteiger partial charge in [-0.1, -0.05) is 19.1 Å². The molecule has 0 amide bonds. The summed E-state index contributed by atoms with van der Waals surface area (Å²) in [5.74, 6) is -0.148. The third-order valence-electron chi connectivity index (χ3n) is 2.17. The van der Waals surface area contributed by atoms with Crippen molar-refractivity contribution in [1.82, 2.24) is 5.32 Å². The molecule has 14 heavy (non-hydrogen) atoms. The lowest BCUT2D eigenvalue weighted by atomic mass is 10.1. The third-order valence-corrected chi connectivity index (χ3v) is 2.17. The van der Waals surface area contributed by atoms with E-state index in [4.69, 9.17) is 0 Å². The van der Waals surface area contributed by atoms with Crippen LogP contribution >= 0.6 is 0 Å². The van der Waals surface area contributed by atoms with Crippen LogP contribution in [0.2, 0.25) is 0 Å². The quantitative estimate of drug-likeness (QED) is 0.761. The summed E-state index contributed by atoms with van der Waals surface area (Å²) in [7, 11) is 0. The standard InChI is InChI=1S/C12H18FN/c1-3-7-14-10(2)8-11-5-4-6-12(13)9-11/h4-6,9-10,14H,3,7-8H2,1-2H3. The number of benzene rings is 1. The summed E-state index contributed by atoms with van der Waals surface area (Å²) in [5, 5.41) is 3.38. The molecule has 1 rings (SSSR count). The maximum absolute atomic E-state index is 12.8. The van der Waals surface area contributed by atoms with Crippen molar-refractivity contribution in [3.05, 3.63) is 35.6 Å². The van der Waals surface area contributed by atoms with Gasteiger partial charge in [0, 0.05) is 6.04 Å². The molecule has 0 bridgehead atoms. The van der Waals surface area contributed by atoms with Crippen LogP contribution in [0.25, 0.3) is 0 Å². The SMILES string of the molecule is CCCNC(C)Cc1cccc(F)c1. The Morgan fingerprint density at radius 2 is 2.21 bits per heavy atom. The zero-order valence-electron chi connectivity index (χ0n) is 8.89. The van der Waals surface area contributed by atoms with Crippen LogP contribution in [-0.2, 0) is 6.42 Å². The van der Waals surface area contributed by atoms with Crippen molar-refractivity contribution in [2.75, 3.05) is 6.54 Å². The normalized spacial score (nSPS) is 12.8. The van der Waals surface area contributed by atoms with Crippen molar-refractivity contribution in [1.29, 1.82) is 0 Å². The highest BCUT2D eigenvalue weighted by Crippen LogP contribution is 2.06. The van der Waals surface area contributed by atoms with E-state index < -0.39 is 0 Å². The minimum atomic E-state index is -0.148. The van der Waals surface area contributed by atoms with Gasteiger partial charge in [-0.3, -0.25) is 0 Å². The van der Waals surface area contributed by atoms with E-state index in [0.29, 0.717) is 6.04 Å².